The molecule has 0 saturated heterocycles. The van der Waals surface area contributed by atoms with Crippen molar-refractivity contribution in [2.45, 2.75) is 26.1 Å². The van der Waals surface area contributed by atoms with Gasteiger partial charge >= 0.3 is 5.97 Å². The fourth-order valence-electron chi connectivity index (χ4n) is 3.53. The minimum atomic E-state index is -1.09. The summed E-state index contributed by atoms with van der Waals surface area (Å²) in [5.74, 6) is -1.36. The molecule has 2 amide bonds. The van der Waals surface area contributed by atoms with Crippen molar-refractivity contribution < 1.29 is 24.2 Å². The number of rotatable bonds is 6. The maximum Gasteiger partial charge on any atom is 0.329 e. The molecule has 1 atom stereocenters. The van der Waals surface area contributed by atoms with Crippen LogP contribution in [0.2, 0.25) is 5.02 Å². The molecule has 8 nitrogen and oxygen atoms in total. The first-order valence-electron chi connectivity index (χ1n) is 9.31. The van der Waals surface area contributed by atoms with E-state index in [4.69, 9.17) is 16.3 Å². The van der Waals surface area contributed by atoms with Crippen LogP contribution in [0.4, 0.5) is 0 Å². The minimum Gasteiger partial charge on any atom is -0.456 e. The highest BCUT2D eigenvalue weighted by Crippen LogP contribution is 2.25. The van der Waals surface area contributed by atoms with Crippen molar-refractivity contribution in [3.05, 3.63) is 64.4 Å². The Morgan fingerprint density at radius 1 is 1.17 bits per heavy atom. The molecule has 1 N–H and O–H groups in total. The summed E-state index contributed by atoms with van der Waals surface area (Å²) < 4.78 is 7.07. The van der Waals surface area contributed by atoms with Gasteiger partial charge in [0, 0.05) is 11.6 Å². The average molecular weight is 428 g/mol. The molecular formula is C21H18ClN3O5. The lowest BCUT2D eigenvalue weighted by Gasteiger charge is -2.21. The maximum atomic E-state index is 12.6. The van der Waals surface area contributed by atoms with Gasteiger partial charge in [-0.15, -0.1) is 0 Å². The number of halogens is 1. The molecule has 9 heteroatoms. The fraction of sp³-hybridized carbons (Fsp3) is 0.238. The predicted octanol–water partition coefficient (Wildman–Crippen LogP) is 2.41. The summed E-state index contributed by atoms with van der Waals surface area (Å²) in [5.41, 5.74) is 1.89. The Bertz CT molecular complexity index is 1140. The van der Waals surface area contributed by atoms with E-state index in [1.165, 1.54) is 6.92 Å². The number of aromatic nitrogens is 2. The monoisotopic (exact) mass is 427 g/mol. The van der Waals surface area contributed by atoms with Crippen LogP contribution in [-0.2, 0) is 22.7 Å². The zero-order valence-corrected chi connectivity index (χ0v) is 16.8. The Kier molecular flexibility index (Phi) is 5.27. The van der Waals surface area contributed by atoms with Gasteiger partial charge < -0.3 is 14.4 Å². The van der Waals surface area contributed by atoms with Crippen molar-refractivity contribution >= 4 is 40.4 Å². The van der Waals surface area contributed by atoms with Crippen molar-refractivity contribution in [1.29, 1.82) is 0 Å². The lowest BCUT2D eigenvalue weighted by Crippen LogP contribution is -2.43. The number of benzene rings is 2. The number of esters is 1. The number of hydrogen-bond acceptors (Lipinski definition) is 6. The second-order valence-corrected chi connectivity index (χ2v) is 7.28. The zero-order valence-electron chi connectivity index (χ0n) is 16.0. The van der Waals surface area contributed by atoms with Crippen molar-refractivity contribution in [2.24, 2.45) is 0 Å². The van der Waals surface area contributed by atoms with Gasteiger partial charge in [-0.05, 0) is 37.3 Å². The number of carbonyl (C=O) groups excluding carboxylic acids is 3. The second kappa shape index (κ2) is 7.89. The molecule has 3 aromatic rings. The van der Waals surface area contributed by atoms with Crippen LogP contribution < -0.4 is 0 Å². The third kappa shape index (κ3) is 3.34. The number of amides is 2. The number of imidazole rings is 1. The molecule has 1 aliphatic rings. The Hall–Kier alpha value is -3.23. The summed E-state index contributed by atoms with van der Waals surface area (Å²) in [6.07, 6.45) is 0. The van der Waals surface area contributed by atoms with Crippen molar-refractivity contribution in [1.82, 2.24) is 14.5 Å². The van der Waals surface area contributed by atoms with Crippen molar-refractivity contribution in [3.8, 4) is 0 Å². The molecule has 2 aromatic carbocycles. The highest BCUT2D eigenvalue weighted by atomic mass is 35.5. The van der Waals surface area contributed by atoms with Gasteiger partial charge in [-0.3, -0.25) is 14.5 Å². The van der Waals surface area contributed by atoms with Gasteiger partial charge in [0.25, 0.3) is 11.8 Å². The summed E-state index contributed by atoms with van der Waals surface area (Å²) in [6, 6.07) is 10.5. The molecule has 1 aliphatic heterocycles. The van der Waals surface area contributed by atoms with E-state index in [0.717, 1.165) is 4.90 Å². The number of carbonyl (C=O) groups is 3. The van der Waals surface area contributed by atoms with Gasteiger partial charge in [0.1, 0.15) is 18.5 Å². The van der Waals surface area contributed by atoms with Crippen LogP contribution in [0.5, 0.6) is 0 Å². The molecule has 1 aromatic heterocycles. The van der Waals surface area contributed by atoms with Crippen LogP contribution in [-0.4, -0.2) is 50.0 Å². The largest absolute Gasteiger partial charge is 0.456 e. The normalized spacial score (nSPS) is 14.3. The van der Waals surface area contributed by atoms with E-state index in [-0.39, 0.29) is 30.9 Å². The Balaban J connectivity index is 1.52. The molecule has 2 heterocycles. The summed E-state index contributed by atoms with van der Waals surface area (Å²) in [6.45, 7) is 1.38. The number of fused-ring (bicyclic) bond motifs is 2. The summed E-state index contributed by atoms with van der Waals surface area (Å²) in [5, 5.41) is 9.89. The van der Waals surface area contributed by atoms with Gasteiger partial charge in [0.05, 0.1) is 28.8 Å². The third-order valence-electron chi connectivity index (χ3n) is 5.01. The second-order valence-electron chi connectivity index (χ2n) is 6.85. The number of aliphatic hydroxyl groups excluding tert-OH is 1. The van der Waals surface area contributed by atoms with Crippen molar-refractivity contribution in [2.75, 3.05) is 6.61 Å². The molecular weight excluding hydrogens is 410 g/mol. The number of ether oxygens (including phenoxy) is 1. The lowest BCUT2D eigenvalue weighted by molar-refractivity contribution is -0.149. The Labute approximate surface area is 176 Å². The molecule has 0 fully saturated rings. The van der Waals surface area contributed by atoms with Crippen molar-refractivity contribution in [3.63, 3.8) is 0 Å². The standard InChI is InChI=1S/C21H18ClN3O5/c1-12(25-19(27)14-4-2-3-5-15(14)20(25)28)21(29)30-11-18-23-16-7-6-13(22)10-17(16)24(18)8-9-26/h2-7,10,12,26H,8-9,11H2,1H3/t12-/m0/s1. The van der Waals surface area contributed by atoms with E-state index in [2.05, 4.69) is 4.98 Å². The Morgan fingerprint density at radius 3 is 2.47 bits per heavy atom. The minimum absolute atomic E-state index is 0.135. The zero-order chi connectivity index (χ0) is 21.4. The van der Waals surface area contributed by atoms with Gasteiger partial charge in [-0.25, -0.2) is 9.78 Å². The quantitative estimate of drug-likeness (QED) is 0.479. The summed E-state index contributed by atoms with van der Waals surface area (Å²) in [4.78, 5) is 43.1. The molecule has 0 bridgehead atoms. The first-order chi connectivity index (χ1) is 14.4. The molecule has 0 unspecified atom stereocenters. The third-order valence-corrected chi connectivity index (χ3v) is 5.25. The number of hydrogen-bond donors (Lipinski definition) is 1. The summed E-state index contributed by atoms with van der Waals surface area (Å²) in [7, 11) is 0. The molecule has 0 aliphatic carbocycles. The van der Waals surface area contributed by atoms with Crippen LogP contribution >= 0.6 is 11.6 Å². The van der Waals surface area contributed by atoms with Gasteiger partial charge in [0.2, 0.25) is 0 Å². The lowest BCUT2D eigenvalue weighted by atomic mass is 10.1. The molecule has 4 rings (SSSR count). The van der Waals surface area contributed by atoms with E-state index in [9.17, 15) is 19.5 Å². The summed E-state index contributed by atoms with van der Waals surface area (Å²) >= 11 is 6.05. The van der Waals surface area contributed by atoms with Gasteiger partial charge in [0.15, 0.2) is 0 Å². The number of imide groups is 1. The molecule has 0 radical (unpaired) electrons. The molecule has 0 spiro atoms. The fourth-order valence-corrected chi connectivity index (χ4v) is 3.69. The van der Waals surface area contributed by atoms with E-state index in [1.54, 1.807) is 47.0 Å². The molecule has 154 valence electrons. The highest BCUT2D eigenvalue weighted by molar-refractivity contribution is 6.31. The highest BCUT2D eigenvalue weighted by Gasteiger charge is 2.41. The molecule has 30 heavy (non-hydrogen) atoms. The number of nitrogens with zero attached hydrogens (tertiary/aromatic N) is 3. The van der Waals surface area contributed by atoms with Crippen LogP contribution in [0.25, 0.3) is 11.0 Å². The average Bonchev–Trinajstić information content (AvgIpc) is 3.21. The topological polar surface area (TPSA) is 102 Å². The number of aliphatic hydroxyl groups is 1. The smallest absolute Gasteiger partial charge is 0.329 e. The van der Waals surface area contributed by atoms with E-state index >= 15 is 0 Å². The SMILES string of the molecule is C[C@@H](C(=O)OCc1nc2ccc(Cl)cc2n1CCO)N1C(=O)c2ccccc2C1=O. The molecule has 0 saturated carbocycles. The first-order valence-corrected chi connectivity index (χ1v) is 9.69. The van der Waals surface area contributed by atoms with Gasteiger partial charge in [-0.1, -0.05) is 23.7 Å². The van der Waals surface area contributed by atoms with Crippen LogP contribution in [0.1, 0.15) is 33.5 Å². The van der Waals surface area contributed by atoms with E-state index < -0.39 is 23.8 Å². The van der Waals surface area contributed by atoms with Crippen LogP contribution in [0.3, 0.4) is 0 Å². The van der Waals surface area contributed by atoms with Crippen LogP contribution in [0, 0.1) is 0 Å². The van der Waals surface area contributed by atoms with E-state index in [0.29, 0.717) is 21.9 Å². The van der Waals surface area contributed by atoms with Gasteiger partial charge in [-0.2, -0.15) is 0 Å². The Morgan fingerprint density at radius 2 is 1.83 bits per heavy atom. The first kappa shape index (κ1) is 20.1. The predicted molar refractivity (Wildman–Crippen MR) is 108 cm³/mol. The van der Waals surface area contributed by atoms with E-state index in [1.807, 2.05) is 0 Å². The van der Waals surface area contributed by atoms with Crippen LogP contribution in [0.15, 0.2) is 42.5 Å². The maximum absolute atomic E-state index is 12.6.